The first-order valence-corrected chi connectivity index (χ1v) is 12.6. The van der Waals surface area contributed by atoms with Crippen molar-refractivity contribution >= 4 is 58.4 Å². The summed E-state index contributed by atoms with van der Waals surface area (Å²) in [6.45, 7) is 0. The van der Waals surface area contributed by atoms with E-state index in [1.807, 2.05) is 0 Å². The second-order valence-corrected chi connectivity index (χ2v) is 10.7. The van der Waals surface area contributed by atoms with Gasteiger partial charge in [-0.3, -0.25) is 18.5 Å². The molecule has 0 atom stereocenters. The molecule has 18 heteroatoms. The van der Waals surface area contributed by atoms with Crippen molar-refractivity contribution in [2.24, 2.45) is 0 Å². The van der Waals surface area contributed by atoms with E-state index in [0.29, 0.717) is 0 Å². The standard InChI is InChI=1S/C17H14N2O10S3.3Na.3H/c18-10-1-3-14(16(7-10)32(27,28)29)17(20)19-15-8-12(31(24,25)26)6-9-5-11(30(21,22)23)2-4-13(9)15;;;;;;/h1-8H,18H2,(H,19,20)(H,21,22,23)(H,24,25,26)(H,27,28,29);;;;;;/q;3*+1;3*-1. The fraction of sp³-hybridized carbons (Fsp3) is 0. The van der Waals surface area contributed by atoms with Gasteiger partial charge in [0.15, 0.2) is 0 Å². The number of hydrogen-bond acceptors (Lipinski definition) is 8. The van der Waals surface area contributed by atoms with Crippen molar-refractivity contribution in [1.82, 2.24) is 0 Å². The number of nitrogen functional groups attached to an aromatic ring is 1. The quantitative estimate of drug-likeness (QED) is 0.110. The smallest absolute Gasteiger partial charge is 1.00 e. The maximum Gasteiger partial charge on any atom is 1.00 e. The van der Waals surface area contributed by atoms with E-state index < -0.39 is 56.5 Å². The Morgan fingerprint density at radius 1 is 0.743 bits per heavy atom. The van der Waals surface area contributed by atoms with Crippen LogP contribution in [0.25, 0.3) is 10.8 Å². The predicted octanol–water partition coefficient (Wildman–Crippen LogP) is -7.24. The summed E-state index contributed by atoms with van der Waals surface area (Å²) < 4.78 is 97.3. The molecular formula is C17H17N2Na3O10S3. The second-order valence-electron chi connectivity index (χ2n) is 6.49. The molecule has 6 N–H and O–H groups in total. The molecule has 0 bridgehead atoms. The first-order chi connectivity index (χ1) is 14.6. The van der Waals surface area contributed by atoms with Crippen LogP contribution < -0.4 is 99.7 Å². The van der Waals surface area contributed by atoms with Crippen LogP contribution in [0.15, 0.2) is 63.2 Å². The number of benzene rings is 3. The average molecular weight is 574 g/mol. The van der Waals surface area contributed by atoms with E-state index in [1.165, 1.54) is 6.07 Å². The third-order valence-electron chi connectivity index (χ3n) is 4.27. The first-order valence-electron chi connectivity index (χ1n) is 8.28. The number of amides is 1. The van der Waals surface area contributed by atoms with Gasteiger partial charge < -0.3 is 15.3 Å². The third kappa shape index (κ3) is 8.46. The van der Waals surface area contributed by atoms with Crippen LogP contribution in [-0.4, -0.2) is 44.8 Å². The van der Waals surface area contributed by atoms with Crippen LogP contribution in [0.4, 0.5) is 11.4 Å². The molecule has 3 aromatic carbocycles. The van der Waals surface area contributed by atoms with Gasteiger partial charge in [-0.25, -0.2) is 0 Å². The SMILES string of the molecule is Nc1ccc(C(=O)Nc2cc(S(=O)(=O)O)cc3cc(S(=O)(=O)O)ccc23)c(S(=O)(=O)O)c1.[H-].[H-].[H-].[Na+].[Na+].[Na+]. The molecule has 0 aromatic heterocycles. The summed E-state index contributed by atoms with van der Waals surface area (Å²) in [5, 5.41) is 2.25. The average Bonchev–Trinajstić information content (AvgIpc) is 2.65. The van der Waals surface area contributed by atoms with Crippen molar-refractivity contribution < 1.29 is 137 Å². The van der Waals surface area contributed by atoms with Gasteiger partial charge in [0, 0.05) is 11.1 Å². The summed E-state index contributed by atoms with van der Waals surface area (Å²) in [5.74, 6) is -1.09. The van der Waals surface area contributed by atoms with Gasteiger partial charge in [0.25, 0.3) is 36.3 Å². The number of nitrogens with two attached hydrogens (primary N) is 1. The van der Waals surface area contributed by atoms with Crippen molar-refractivity contribution in [2.75, 3.05) is 11.1 Å². The molecule has 176 valence electrons. The number of nitrogens with one attached hydrogen (secondary N) is 1. The number of carbonyl (C=O) groups is 1. The molecule has 3 rings (SSSR count). The van der Waals surface area contributed by atoms with E-state index in [1.54, 1.807) is 0 Å². The fourth-order valence-corrected chi connectivity index (χ4v) is 4.65. The summed E-state index contributed by atoms with van der Waals surface area (Å²) in [6, 6.07) is 7.83. The molecule has 1 amide bonds. The molecule has 0 saturated heterocycles. The molecule has 3 aromatic rings. The molecule has 0 fully saturated rings. The molecule has 12 nitrogen and oxygen atoms in total. The summed E-state index contributed by atoms with van der Waals surface area (Å²) in [5.41, 5.74) is 4.66. The van der Waals surface area contributed by atoms with Crippen LogP contribution in [0.5, 0.6) is 0 Å². The number of rotatable bonds is 5. The van der Waals surface area contributed by atoms with E-state index in [0.717, 1.165) is 42.5 Å². The van der Waals surface area contributed by atoms with Crippen molar-refractivity contribution in [2.45, 2.75) is 14.7 Å². The molecule has 0 radical (unpaired) electrons. The Morgan fingerprint density at radius 3 is 1.80 bits per heavy atom. The maximum absolute atomic E-state index is 12.7. The minimum absolute atomic E-state index is 0. The Labute approximate surface area is 271 Å². The Morgan fingerprint density at radius 2 is 1.29 bits per heavy atom. The maximum atomic E-state index is 12.7. The molecule has 35 heavy (non-hydrogen) atoms. The molecule has 0 aliphatic heterocycles. The third-order valence-corrected chi connectivity index (χ3v) is 6.84. The van der Waals surface area contributed by atoms with Gasteiger partial charge >= 0.3 is 88.7 Å². The van der Waals surface area contributed by atoms with Crippen LogP contribution in [0.3, 0.4) is 0 Å². The Hall–Kier alpha value is -0.0800. The van der Waals surface area contributed by atoms with E-state index >= 15 is 0 Å². The van der Waals surface area contributed by atoms with E-state index in [2.05, 4.69) is 5.32 Å². The number of hydrogen-bond donors (Lipinski definition) is 5. The Balaban J connectivity index is -0.000000963. The minimum atomic E-state index is -4.86. The minimum Gasteiger partial charge on any atom is -1.00 e. The molecule has 0 spiro atoms. The Bertz CT molecular complexity index is 1620. The summed E-state index contributed by atoms with van der Waals surface area (Å²) in [6.07, 6.45) is 0. The number of fused-ring (bicyclic) bond motifs is 1. The van der Waals surface area contributed by atoms with Crippen molar-refractivity contribution in [1.29, 1.82) is 0 Å². The zero-order valence-electron chi connectivity index (χ0n) is 21.6. The van der Waals surface area contributed by atoms with Gasteiger partial charge in [-0.1, -0.05) is 6.07 Å². The zero-order valence-corrected chi connectivity index (χ0v) is 27.1. The second kappa shape index (κ2) is 12.6. The van der Waals surface area contributed by atoms with Crippen LogP contribution in [0.2, 0.25) is 0 Å². The van der Waals surface area contributed by atoms with E-state index in [9.17, 15) is 43.7 Å². The molecule has 0 aliphatic rings. The largest absolute Gasteiger partial charge is 1.00 e. The normalized spacial score (nSPS) is 11.5. The molecular weight excluding hydrogens is 557 g/mol. The predicted molar refractivity (Wildman–Crippen MR) is 116 cm³/mol. The topological polar surface area (TPSA) is 218 Å². The zero-order chi connectivity index (χ0) is 24.1. The van der Waals surface area contributed by atoms with Gasteiger partial charge in [0.05, 0.1) is 21.0 Å². The Kier molecular flexibility index (Phi) is 12.6. The molecule has 0 aliphatic carbocycles. The van der Waals surface area contributed by atoms with Crippen LogP contribution in [0, 0.1) is 0 Å². The van der Waals surface area contributed by atoms with Gasteiger partial charge in [0.1, 0.15) is 4.90 Å². The van der Waals surface area contributed by atoms with Crippen molar-refractivity contribution in [3.05, 3.63) is 54.1 Å². The van der Waals surface area contributed by atoms with Gasteiger partial charge in [-0.15, -0.1) is 0 Å². The van der Waals surface area contributed by atoms with Gasteiger partial charge in [-0.05, 0) is 47.9 Å². The molecule has 0 heterocycles. The van der Waals surface area contributed by atoms with E-state index in [-0.39, 0.29) is 115 Å². The van der Waals surface area contributed by atoms with E-state index in [4.69, 9.17) is 5.73 Å². The molecule has 0 saturated carbocycles. The fourth-order valence-electron chi connectivity index (χ4n) is 2.86. The van der Waals surface area contributed by atoms with Crippen molar-refractivity contribution in [3.63, 3.8) is 0 Å². The van der Waals surface area contributed by atoms with Gasteiger partial charge in [-0.2, -0.15) is 25.3 Å². The van der Waals surface area contributed by atoms with Crippen LogP contribution >= 0.6 is 0 Å². The number of carbonyl (C=O) groups excluding carboxylic acids is 1. The van der Waals surface area contributed by atoms with Gasteiger partial charge in [0.2, 0.25) is 0 Å². The van der Waals surface area contributed by atoms with Crippen LogP contribution in [-0.2, 0) is 30.4 Å². The van der Waals surface area contributed by atoms with Crippen LogP contribution in [0.1, 0.15) is 14.6 Å². The van der Waals surface area contributed by atoms with Crippen molar-refractivity contribution in [3.8, 4) is 0 Å². The summed E-state index contributed by atoms with van der Waals surface area (Å²) in [7, 11) is -14.3. The monoisotopic (exact) mass is 574 g/mol. The summed E-state index contributed by atoms with van der Waals surface area (Å²) >= 11 is 0. The summed E-state index contributed by atoms with van der Waals surface area (Å²) in [4.78, 5) is 10.6. The first kappa shape index (κ1) is 34.9. The number of anilines is 2. The molecule has 0 unspecified atom stereocenters.